The van der Waals surface area contributed by atoms with E-state index in [1.54, 1.807) is 11.6 Å². The largest absolute Gasteiger partial charge is 0.381 e. The molecule has 9 heteroatoms. The number of nitrogens with two attached hydrogens (primary N) is 1. The molecule has 2 aromatic rings. The maximum atomic E-state index is 12.3. The second kappa shape index (κ2) is 4.75. The van der Waals surface area contributed by atoms with Gasteiger partial charge in [0.1, 0.15) is 0 Å². The van der Waals surface area contributed by atoms with Gasteiger partial charge in [0.2, 0.25) is 0 Å². The topological polar surface area (TPSA) is 98.7 Å². The molecule has 1 fully saturated rings. The Morgan fingerprint density at radius 1 is 1.63 bits per heavy atom. The summed E-state index contributed by atoms with van der Waals surface area (Å²) in [5.74, 6) is 0.254. The first-order valence-corrected chi connectivity index (χ1v) is 8.22. The summed E-state index contributed by atoms with van der Waals surface area (Å²) in [6.07, 6.45) is 2.52. The zero-order valence-corrected chi connectivity index (χ0v) is 11.7. The molecule has 1 aliphatic heterocycles. The van der Waals surface area contributed by atoms with Crippen LogP contribution in [0.5, 0.6) is 0 Å². The van der Waals surface area contributed by atoms with E-state index in [0.29, 0.717) is 24.7 Å². The molecule has 0 spiro atoms. The number of sulfonamides is 1. The number of nitrogens with one attached hydrogen (secondary N) is 1. The Bertz CT molecular complexity index is 685. The van der Waals surface area contributed by atoms with Gasteiger partial charge in [-0.25, -0.2) is 18.1 Å². The van der Waals surface area contributed by atoms with Crippen LogP contribution in [-0.4, -0.2) is 37.6 Å². The zero-order valence-electron chi connectivity index (χ0n) is 10.1. The minimum Gasteiger partial charge on any atom is -0.381 e. The number of rotatable bonds is 4. The lowest BCUT2D eigenvalue weighted by atomic mass is 10.1. The van der Waals surface area contributed by atoms with Crippen LogP contribution in [0.15, 0.2) is 16.6 Å². The second-order valence-electron chi connectivity index (χ2n) is 4.44. The number of aromatic nitrogens is 2. The molecule has 0 radical (unpaired) electrons. The quantitative estimate of drug-likeness (QED) is 0.846. The molecule has 7 nitrogen and oxygen atoms in total. The maximum absolute atomic E-state index is 12.3. The molecule has 0 saturated carbocycles. The van der Waals surface area contributed by atoms with Gasteiger partial charge in [-0.1, -0.05) is 0 Å². The van der Waals surface area contributed by atoms with E-state index in [9.17, 15) is 8.42 Å². The summed E-state index contributed by atoms with van der Waals surface area (Å²) in [6, 6.07) is 0. The molecule has 3 N–H and O–H groups in total. The van der Waals surface area contributed by atoms with Crippen molar-refractivity contribution >= 4 is 32.1 Å². The standard InChI is InChI=1S/C10H14N4O3S2/c11-8-9(14-2-4-18-10(14)13-8)19(15,16)12-5-7-1-3-17-6-7/h2,4,7,12H,1,3,5-6,11H2. The molecule has 3 heterocycles. The molecule has 2 aromatic heterocycles. The molecule has 1 saturated heterocycles. The smallest absolute Gasteiger partial charge is 0.260 e. The highest BCUT2D eigenvalue weighted by Crippen LogP contribution is 2.23. The SMILES string of the molecule is Nc1nc2sccn2c1S(=O)(=O)NCC1CCOC1. The van der Waals surface area contributed by atoms with Gasteiger partial charge in [0, 0.05) is 24.7 Å². The molecule has 0 amide bonds. The predicted octanol–water partition coefficient (Wildman–Crippen LogP) is 0.293. The molecule has 0 bridgehead atoms. The normalized spacial score (nSPS) is 20.3. The van der Waals surface area contributed by atoms with Gasteiger partial charge in [-0.2, -0.15) is 0 Å². The van der Waals surface area contributed by atoms with E-state index in [1.165, 1.54) is 15.7 Å². The Labute approximate surface area is 114 Å². The Kier molecular flexibility index (Phi) is 3.21. The van der Waals surface area contributed by atoms with E-state index in [2.05, 4.69) is 9.71 Å². The fourth-order valence-electron chi connectivity index (χ4n) is 2.09. The van der Waals surface area contributed by atoms with Crippen molar-refractivity contribution in [1.82, 2.24) is 14.1 Å². The number of hydrogen-bond donors (Lipinski definition) is 2. The number of imidazole rings is 1. The van der Waals surface area contributed by atoms with Crippen LogP contribution >= 0.6 is 11.3 Å². The molecular weight excluding hydrogens is 288 g/mol. The molecule has 1 aliphatic rings. The Morgan fingerprint density at radius 2 is 2.47 bits per heavy atom. The summed E-state index contributed by atoms with van der Waals surface area (Å²) in [7, 11) is -3.66. The van der Waals surface area contributed by atoms with E-state index in [0.717, 1.165) is 6.42 Å². The van der Waals surface area contributed by atoms with Crippen LogP contribution < -0.4 is 10.5 Å². The van der Waals surface area contributed by atoms with Gasteiger partial charge in [-0.05, 0) is 12.3 Å². The third-order valence-corrected chi connectivity index (χ3v) is 5.30. The molecule has 104 valence electrons. The molecule has 0 aromatic carbocycles. The van der Waals surface area contributed by atoms with E-state index in [4.69, 9.17) is 10.5 Å². The highest BCUT2D eigenvalue weighted by Gasteiger charge is 2.26. The molecule has 0 aliphatic carbocycles. The molecule has 1 atom stereocenters. The number of thiazole rings is 1. The van der Waals surface area contributed by atoms with Gasteiger partial charge in [0.05, 0.1) is 6.61 Å². The van der Waals surface area contributed by atoms with Crippen LogP contribution in [-0.2, 0) is 14.8 Å². The molecule has 3 rings (SSSR count). The first-order valence-electron chi connectivity index (χ1n) is 5.86. The lowest BCUT2D eigenvalue weighted by molar-refractivity contribution is 0.186. The van der Waals surface area contributed by atoms with Gasteiger partial charge in [0.15, 0.2) is 15.8 Å². The lowest BCUT2D eigenvalue weighted by Gasteiger charge is -2.10. The summed E-state index contributed by atoms with van der Waals surface area (Å²) < 4.78 is 33.9. The van der Waals surface area contributed by atoms with Gasteiger partial charge in [0.25, 0.3) is 10.0 Å². The Balaban J connectivity index is 1.86. The predicted molar refractivity (Wildman–Crippen MR) is 71.6 cm³/mol. The van der Waals surface area contributed by atoms with Gasteiger partial charge in [-0.15, -0.1) is 11.3 Å². The molecular formula is C10H14N4O3S2. The van der Waals surface area contributed by atoms with Crippen molar-refractivity contribution in [1.29, 1.82) is 0 Å². The second-order valence-corrected chi connectivity index (χ2v) is 6.99. The minimum atomic E-state index is -3.66. The van der Waals surface area contributed by atoms with Crippen molar-refractivity contribution in [2.24, 2.45) is 5.92 Å². The summed E-state index contributed by atoms with van der Waals surface area (Å²) in [5, 5.41) is 1.79. The van der Waals surface area contributed by atoms with Crippen LogP contribution in [0.4, 0.5) is 5.82 Å². The number of nitrogen functional groups attached to an aromatic ring is 1. The highest BCUT2D eigenvalue weighted by molar-refractivity contribution is 7.89. The fourth-order valence-corrected chi connectivity index (χ4v) is 4.19. The van der Waals surface area contributed by atoms with Crippen molar-refractivity contribution in [2.45, 2.75) is 11.4 Å². The third kappa shape index (κ3) is 2.34. The van der Waals surface area contributed by atoms with E-state index >= 15 is 0 Å². The van der Waals surface area contributed by atoms with Crippen molar-refractivity contribution in [2.75, 3.05) is 25.5 Å². The Hall–Kier alpha value is -1.16. The van der Waals surface area contributed by atoms with Gasteiger partial charge < -0.3 is 10.5 Å². The third-order valence-electron chi connectivity index (χ3n) is 3.08. The van der Waals surface area contributed by atoms with Crippen LogP contribution in [0.2, 0.25) is 0 Å². The van der Waals surface area contributed by atoms with Crippen LogP contribution in [0.25, 0.3) is 4.96 Å². The average Bonchev–Trinajstić information content (AvgIpc) is 3.01. The number of hydrogen-bond acceptors (Lipinski definition) is 6. The highest BCUT2D eigenvalue weighted by atomic mass is 32.2. The first-order chi connectivity index (χ1) is 9.08. The summed E-state index contributed by atoms with van der Waals surface area (Å²) in [6.45, 7) is 1.65. The number of nitrogens with zero attached hydrogens (tertiary/aromatic N) is 2. The van der Waals surface area contributed by atoms with E-state index < -0.39 is 10.0 Å². The lowest BCUT2D eigenvalue weighted by Crippen LogP contribution is -2.30. The van der Waals surface area contributed by atoms with E-state index in [1.807, 2.05) is 0 Å². The van der Waals surface area contributed by atoms with Crippen LogP contribution in [0, 0.1) is 5.92 Å². The van der Waals surface area contributed by atoms with Crippen LogP contribution in [0.3, 0.4) is 0 Å². The first kappa shape index (κ1) is 12.9. The maximum Gasteiger partial charge on any atom is 0.260 e. The van der Waals surface area contributed by atoms with Crippen molar-refractivity contribution in [3.63, 3.8) is 0 Å². The summed E-state index contributed by atoms with van der Waals surface area (Å²) >= 11 is 1.34. The number of anilines is 1. The Morgan fingerprint density at radius 3 is 3.21 bits per heavy atom. The number of ether oxygens (including phenoxy) is 1. The van der Waals surface area contributed by atoms with Crippen LogP contribution in [0.1, 0.15) is 6.42 Å². The monoisotopic (exact) mass is 302 g/mol. The van der Waals surface area contributed by atoms with Crippen molar-refractivity contribution in [3.8, 4) is 0 Å². The van der Waals surface area contributed by atoms with Crippen molar-refractivity contribution in [3.05, 3.63) is 11.6 Å². The number of fused-ring (bicyclic) bond motifs is 1. The van der Waals surface area contributed by atoms with Gasteiger partial charge >= 0.3 is 0 Å². The zero-order chi connectivity index (χ0) is 13.5. The average molecular weight is 302 g/mol. The van der Waals surface area contributed by atoms with Gasteiger partial charge in [-0.3, -0.25) is 4.40 Å². The van der Waals surface area contributed by atoms with Crippen molar-refractivity contribution < 1.29 is 13.2 Å². The molecule has 19 heavy (non-hydrogen) atoms. The summed E-state index contributed by atoms with van der Waals surface area (Å²) in [5.41, 5.74) is 5.70. The fraction of sp³-hybridized carbons (Fsp3) is 0.500. The summed E-state index contributed by atoms with van der Waals surface area (Å²) in [4.78, 5) is 4.61. The van der Waals surface area contributed by atoms with E-state index in [-0.39, 0.29) is 16.8 Å². The molecule has 1 unspecified atom stereocenters. The minimum absolute atomic E-state index is 0.0164.